The van der Waals surface area contributed by atoms with E-state index in [4.69, 9.17) is 0 Å². The van der Waals surface area contributed by atoms with Crippen molar-refractivity contribution in [1.29, 1.82) is 0 Å². The molecule has 0 N–H and O–H groups in total. The molecule has 1 aromatic rings. The van der Waals surface area contributed by atoms with E-state index < -0.39 is 11.1 Å². The van der Waals surface area contributed by atoms with Gasteiger partial charge in [0.1, 0.15) is 0 Å². The predicted octanol–water partition coefficient (Wildman–Crippen LogP) is 0.137. The predicted molar refractivity (Wildman–Crippen MR) is 38.7 cm³/mol. The Hall–Kier alpha value is -0.940. The van der Waals surface area contributed by atoms with Crippen molar-refractivity contribution >= 4 is 17.4 Å². The number of aldehydes is 1. The number of rotatable bonds is 3. The molecule has 4 nitrogen and oxygen atoms in total. The molecule has 0 aromatic carbocycles. The summed E-state index contributed by atoms with van der Waals surface area (Å²) in [5, 5.41) is 0. The Morgan fingerprint density at radius 1 is 1.73 bits per heavy atom. The van der Waals surface area contributed by atoms with Crippen molar-refractivity contribution in [2.75, 3.05) is 0 Å². The largest absolute Gasteiger partial charge is 0.771 e. The summed E-state index contributed by atoms with van der Waals surface area (Å²) in [5.74, 6) is -0.166. The molecule has 1 aromatic heterocycles. The molecule has 0 spiro atoms. The first-order valence-corrected chi connectivity index (χ1v) is 4.14. The Balaban J connectivity index is 2.84. The summed E-state index contributed by atoms with van der Waals surface area (Å²) in [6.45, 7) is 0. The van der Waals surface area contributed by atoms with Gasteiger partial charge in [-0.3, -0.25) is 9.00 Å². The summed E-state index contributed by atoms with van der Waals surface area (Å²) < 4.78 is 21.8. The topological polar surface area (TPSA) is 62.1 Å². The molecule has 0 bridgehead atoms. The molecule has 0 radical (unpaired) electrons. The first-order chi connectivity index (χ1) is 5.24. The van der Waals surface area contributed by atoms with Gasteiger partial charge in [-0.25, -0.2) is 0 Å². The molecular weight excluding hydrogens is 166 g/mol. The lowest BCUT2D eigenvalue weighted by atomic mass is 10.5. The van der Waals surface area contributed by atoms with Crippen molar-refractivity contribution in [1.82, 2.24) is 4.57 Å². The maximum Gasteiger partial charge on any atom is 0.166 e. The monoisotopic (exact) mass is 172 g/mol. The second kappa shape index (κ2) is 3.45. The third-order valence-electron chi connectivity index (χ3n) is 1.23. The number of hydrogen-bond acceptors (Lipinski definition) is 3. The Labute approximate surface area is 66.1 Å². The van der Waals surface area contributed by atoms with Crippen LogP contribution in [0.15, 0.2) is 18.3 Å². The third kappa shape index (κ3) is 1.99. The molecule has 0 aliphatic rings. The highest BCUT2D eigenvalue weighted by Gasteiger charge is 1.96. The van der Waals surface area contributed by atoms with Gasteiger partial charge >= 0.3 is 0 Å². The summed E-state index contributed by atoms with van der Waals surface area (Å²) in [5.41, 5.74) is 0.370. The minimum absolute atomic E-state index is 0.166. The molecule has 11 heavy (non-hydrogen) atoms. The minimum Gasteiger partial charge on any atom is -0.771 e. The summed E-state index contributed by atoms with van der Waals surface area (Å²) in [7, 11) is 0. The lowest BCUT2D eigenvalue weighted by Crippen LogP contribution is -2.05. The van der Waals surface area contributed by atoms with Crippen LogP contribution in [0, 0.1) is 0 Å². The zero-order valence-electron chi connectivity index (χ0n) is 5.60. The van der Waals surface area contributed by atoms with E-state index in [-0.39, 0.29) is 5.88 Å². The van der Waals surface area contributed by atoms with E-state index in [0.717, 1.165) is 0 Å². The van der Waals surface area contributed by atoms with Gasteiger partial charge in [-0.05, 0) is 23.2 Å². The quantitative estimate of drug-likeness (QED) is 0.481. The highest BCUT2D eigenvalue weighted by Crippen LogP contribution is 1.99. The molecule has 60 valence electrons. The second-order valence-electron chi connectivity index (χ2n) is 1.95. The molecule has 1 rings (SSSR count). The summed E-state index contributed by atoms with van der Waals surface area (Å²) in [6.07, 6.45) is 2.16. The fraction of sp³-hybridized carbons (Fsp3) is 0.167. The molecule has 0 saturated carbocycles. The molecule has 0 amide bonds. The van der Waals surface area contributed by atoms with Gasteiger partial charge in [0.25, 0.3) is 0 Å². The minimum atomic E-state index is -2.15. The average Bonchev–Trinajstić information content (AvgIpc) is 2.34. The van der Waals surface area contributed by atoms with Crippen LogP contribution in [0.1, 0.15) is 10.5 Å². The van der Waals surface area contributed by atoms with E-state index in [0.29, 0.717) is 12.0 Å². The molecule has 0 aliphatic carbocycles. The summed E-state index contributed by atoms with van der Waals surface area (Å²) in [6, 6.07) is 3.18. The fourth-order valence-corrected chi connectivity index (χ4v) is 1.23. The van der Waals surface area contributed by atoms with Crippen molar-refractivity contribution in [3.63, 3.8) is 0 Å². The van der Waals surface area contributed by atoms with Crippen LogP contribution in [-0.2, 0) is 17.0 Å². The summed E-state index contributed by atoms with van der Waals surface area (Å²) >= 11 is -2.15. The van der Waals surface area contributed by atoms with E-state index >= 15 is 0 Å². The molecule has 0 saturated heterocycles. The molecule has 1 atom stereocenters. The zero-order valence-corrected chi connectivity index (χ0v) is 6.41. The molecule has 5 heteroatoms. The first-order valence-electron chi connectivity index (χ1n) is 2.90. The van der Waals surface area contributed by atoms with Crippen LogP contribution < -0.4 is 0 Å². The van der Waals surface area contributed by atoms with Gasteiger partial charge in [0, 0.05) is 6.20 Å². The van der Waals surface area contributed by atoms with Gasteiger partial charge in [-0.15, -0.1) is 0 Å². The van der Waals surface area contributed by atoms with E-state index in [1.54, 1.807) is 18.3 Å². The number of hydrogen-bond donors (Lipinski definition) is 0. The van der Waals surface area contributed by atoms with Crippen molar-refractivity contribution in [2.45, 2.75) is 5.88 Å². The molecule has 1 heterocycles. The van der Waals surface area contributed by atoms with Crippen molar-refractivity contribution in [3.8, 4) is 0 Å². The Morgan fingerprint density at radius 2 is 2.45 bits per heavy atom. The number of carbonyl (C=O) groups is 1. The van der Waals surface area contributed by atoms with E-state index in [1.165, 1.54) is 4.57 Å². The first kappa shape index (κ1) is 8.16. The van der Waals surface area contributed by atoms with Crippen LogP contribution in [0.25, 0.3) is 0 Å². The Morgan fingerprint density at radius 3 is 3.00 bits per heavy atom. The van der Waals surface area contributed by atoms with Gasteiger partial charge in [0.05, 0.1) is 11.6 Å². The maximum absolute atomic E-state index is 10.2. The molecule has 0 fully saturated rings. The van der Waals surface area contributed by atoms with Gasteiger partial charge < -0.3 is 9.12 Å². The molecule has 0 aliphatic heterocycles. The average molecular weight is 172 g/mol. The van der Waals surface area contributed by atoms with Crippen LogP contribution in [-0.4, -0.2) is 19.6 Å². The van der Waals surface area contributed by atoms with Gasteiger partial charge in [0.2, 0.25) is 0 Å². The highest BCUT2D eigenvalue weighted by molar-refractivity contribution is 7.78. The molecular formula is C6H6NO3S-. The third-order valence-corrected chi connectivity index (χ3v) is 1.72. The number of aromatic nitrogens is 1. The normalized spacial score (nSPS) is 12.8. The fourth-order valence-electron chi connectivity index (χ4n) is 0.765. The Bertz CT molecular complexity index is 281. The van der Waals surface area contributed by atoms with E-state index in [1.807, 2.05) is 0 Å². The van der Waals surface area contributed by atoms with Crippen LogP contribution in [0.2, 0.25) is 0 Å². The van der Waals surface area contributed by atoms with Crippen LogP contribution in [0.3, 0.4) is 0 Å². The zero-order chi connectivity index (χ0) is 8.27. The lowest BCUT2D eigenvalue weighted by Gasteiger charge is -2.06. The van der Waals surface area contributed by atoms with E-state index in [2.05, 4.69) is 0 Å². The maximum atomic E-state index is 10.2. The second-order valence-corrected chi connectivity index (χ2v) is 2.82. The van der Waals surface area contributed by atoms with Crippen molar-refractivity contribution in [2.24, 2.45) is 0 Å². The van der Waals surface area contributed by atoms with Crippen LogP contribution >= 0.6 is 0 Å². The number of carbonyl (C=O) groups excluding carboxylic acids is 1. The van der Waals surface area contributed by atoms with Crippen LogP contribution in [0.4, 0.5) is 0 Å². The van der Waals surface area contributed by atoms with Gasteiger partial charge in [-0.1, -0.05) is 0 Å². The van der Waals surface area contributed by atoms with Crippen molar-refractivity contribution < 1.29 is 13.6 Å². The van der Waals surface area contributed by atoms with Gasteiger partial charge in [-0.2, -0.15) is 0 Å². The smallest absolute Gasteiger partial charge is 0.166 e. The van der Waals surface area contributed by atoms with Crippen LogP contribution in [0.5, 0.6) is 0 Å². The Kier molecular flexibility index (Phi) is 2.56. The van der Waals surface area contributed by atoms with Crippen molar-refractivity contribution in [3.05, 3.63) is 24.0 Å². The SMILES string of the molecule is O=Cc1cccn1CS(=O)[O-]. The van der Waals surface area contributed by atoms with E-state index in [9.17, 15) is 13.6 Å². The molecule has 1 unspecified atom stereocenters. The number of nitrogens with zero attached hydrogens (tertiary/aromatic N) is 1. The van der Waals surface area contributed by atoms with Gasteiger partial charge in [0.15, 0.2) is 6.29 Å². The lowest BCUT2D eigenvalue weighted by molar-refractivity contribution is 0.111. The summed E-state index contributed by atoms with van der Waals surface area (Å²) in [4.78, 5) is 10.2. The standard InChI is InChI=1S/C6H7NO3S/c8-4-6-2-1-3-7(6)5-11(9)10/h1-4H,5H2,(H,9,10)/p-1. The highest BCUT2D eigenvalue weighted by atomic mass is 32.2.